The quantitative estimate of drug-likeness (QED) is 0.797. The number of ether oxygens (including phenoxy) is 2. The van der Waals surface area contributed by atoms with Crippen molar-refractivity contribution in [1.29, 1.82) is 0 Å². The summed E-state index contributed by atoms with van der Waals surface area (Å²) >= 11 is 0. The lowest BCUT2D eigenvalue weighted by Crippen LogP contribution is -2.45. The molecule has 2 atom stereocenters. The molecule has 1 amide bonds. The van der Waals surface area contributed by atoms with Crippen LogP contribution < -0.4 is 0 Å². The lowest BCUT2D eigenvalue weighted by molar-refractivity contribution is -0.143. The Morgan fingerprint density at radius 3 is 2.60 bits per heavy atom. The van der Waals surface area contributed by atoms with Crippen molar-refractivity contribution < 1.29 is 24.2 Å². The smallest absolute Gasteiger partial charge is 0.410 e. The third-order valence-corrected chi connectivity index (χ3v) is 3.26. The molecule has 1 fully saturated rings. The Hall–Kier alpha value is -1.30. The molecule has 6 heteroatoms. The van der Waals surface area contributed by atoms with Crippen molar-refractivity contribution >= 4 is 12.1 Å². The Balaban J connectivity index is 2.53. The van der Waals surface area contributed by atoms with Crippen molar-refractivity contribution in [1.82, 2.24) is 4.90 Å². The number of carbonyl (C=O) groups excluding carboxylic acids is 2. The summed E-state index contributed by atoms with van der Waals surface area (Å²) in [7, 11) is 1.29. The maximum Gasteiger partial charge on any atom is 0.410 e. The van der Waals surface area contributed by atoms with Crippen molar-refractivity contribution in [2.24, 2.45) is 5.92 Å². The minimum Gasteiger partial charge on any atom is -0.469 e. The number of carbonyl (C=O) groups is 2. The number of hydrogen-bond acceptors (Lipinski definition) is 5. The van der Waals surface area contributed by atoms with Crippen LogP contribution in [-0.4, -0.2) is 54.0 Å². The lowest BCUT2D eigenvalue weighted by Gasteiger charge is -2.35. The van der Waals surface area contributed by atoms with E-state index in [9.17, 15) is 14.7 Å². The summed E-state index contributed by atoms with van der Waals surface area (Å²) in [4.78, 5) is 24.8. The second-order valence-corrected chi connectivity index (χ2v) is 6.18. The number of amides is 1. The fraction of sp³-hybridized carbons (Fsp3) is 0.857. The Morgan fingerprint density at radius 1 is 1.40 bits per heavy atom. The molecule has 1 heterocycles. The van der Waals surface area contributed by atoms with Gasteiger partial charge in [0.15, 0.2) is 0 Å². The molecule has 2 unspecified atom stereocenters. The van der Waals surface area contributed by atoms with Gasteiger partial charge in [-0.05, 0) is 33.6 Å². The number of methoxy groups -OCH3 is 1. The fourth-order valence-corrected chi connectivity index (χ4v) is 2.24. The minimum atomic E-state index is -0.785. The maximum atomic E-state index is 12.0. The summed E-state index contributed by atoms with van der Waals surface area (Å²) in [6.45, 7) is 6.48. The van der Waals surface area contributed by atoms with E-state index in [0.29, 0.717) is 13.1 Å². The van der Waals surface area contributed by atoms with Gasteiger partial charge < -0.3 is 19.5 Å². The van der Waals surface area contributed by atoms with Crippen LogP contribution in [0.1, 0.15) is 40.0 Å². The van der Waals surface area contributed by atoms with Crippen LogP contribution in [0.4, 0.5) is 4.79 Å². The predicted octanol–water partition coefficient (Wildman–Crippen LogP) is 1.56. The molecule has 0 aromatic heterocycles. The number of piperidine rings is 1. The molecule has 0 bridgehead atoms. The van der Waals surface area contributed by atoms with Crippen molar-refractivity contribution in [3.8, 4) is 0 Å². The molecule has 1 aliphatic rings. The molecule has 0 aromatic carbocycles. The highest BCUT2D eigenvalue weighted by molar-refractivity contribution is 5.70. The second kappa shape index (κ2) is 6.92. The number of aliphatic hydroxyl groups is 1. The number of likely N-dealkylation sites (tertiary alicyclic amines) is 1. The summed E-state index contributed by atoms with van der Waals surface area (Å²) in [5.41, 5.74) is -0.533. The van der Waals surface area contributed by atoms with Crippen molar-refractivity contribution in [2.75, 3.05) is 20.2 Å². The Morgan fingerprint density at radius 2 is 2.05 bits per heavy atom. The van der Waals surface area contributed by atoms with Gasteiger partial charge in [-0.1, -0.05) is 0 Å². The van der Waals surface area contributed by atoms with Gasteiger partial charge in [0.1, 0.15) is 5.60 Å². The third kappa shape index (κ3) is 5.36. The number of esters is 1. The molecule has 1 rings (SSSR count). The van der Waals surface area contributed by atoms with E-state index in [2.05, 4.69) is 4.74 Å². The van der Waals surface area contributed by atoms with Gasteiger partial charge in [-0.25, -0.2) is 4.79 Å². The predicted molar refractivity (Wildman–Crippen MR) is 73.2 cm³/mol. The normalized spacial score (nSPS) is 21.2. The molecule has 1 aliphatic heterocycles. The summed E-state index contributed by atoms with van der Waals surface area (Å²) in [5, 5.41) is 10.0. The zero-order valence-corrected chi connectivity index (χ0v) is 12.7. The average Bonchev–Trinajstić information content (AvgIpc) is 2.36. The van der Waals surface area contributed by atoms with Crippen LogP contribution in [-0.2, 0) is 14.3 Å². The van der Waals surface area contributed by atoms with Gasteiger partial charge in [-0.2, -0.15) is 0 Å². The number of hydrogen-bond donors (Lipinski definition) is 1. The van der Waals surface area contributed by atoms with Gasteiger partial charge >= 0.3 is 12.1 Å². The molecule has 1 N–H and O–H groups in total. The number of nitrogens with zero attached hydrogens (tertiary/aromatic N) is 1. The standard InChI is InChI=1S/C14H25NO5/c1-14(2,3)20-13(18)15-7-5-6-10(9-15)11(16)8-12(17)19-4/h10-11,16H,5-9H2,1-4H3. The van der Waals surface area contributed by atoms with Crippen LogP contribution in [0.15, 0.2) is 0 Å². The number of rotatable bonds is 3. The molecule has 6 nitrogen and oxygen atoms in total. The van der Waals surface area contributed by atoms with E-state index < -0.39 is 17.7 Å². The summed E-state index contributed by atoms with van der Waals surface area (Å²) in [6, 6.07) is 0. The first-order valence-electron chi connectivity index (χ1n) is 6.95. The average molecular weight is 287 g/mol. The molecule has 20 heavy (non-hydrogen) atoms. The van der Waals surface area contributed by atoms with Crippen LogP contribution in [0.25, 0.3) is 0 Å². The van der Waals surface area contributed by atoms with E-state index >= 15 is 0 Å². The van der Waals surface area contributed by atoms with Crippen LogP contribution >= 0.6 is 0 Å². The van der Waals surface area contributed by atoms with Crippen molar-refractivity contribution in [3.63, 3.8) is 0 Å². The van der Waals surface area contributed by atoms with Gasteiger partial charge in [-0.15, -0.1) is 0 Å². The van der Waals surface area contributed by atoms with Crippen LogP contribution in [0.2, 0.25) is 0 Å². The zero-order valence-electron chi connectivity index (χ0n) is 12.7. The van der Waals surface area contributed by atoms with E-state index in [0.717, 1.165) is 12.8 Å². The summed E-state index contributed by atoms with van der Waals surface area (Å²) in [6.07, 6.45) is 0.392. The van der Waals surface area contributed by atoms with Gasteiger partial charge in [0.2, 0.25) is 0 Å². The summed E-state index contributed by atoms with van der Waals surface area (Å²) < 4.78 is 9.87. The highest BCUT2D eigenvalue weighted by atomic mass is 16.6. The maximum absolute atomic E-state index is 12.0. The Kier molecular flexibility index (Phi) is 5.80. The monoisotopic (exact) mass is 287 g/mol. The van der Waals surface area contributed by atoms with Crippen molar-refractivity contribution in [3.05, 3.63) is 0 Å². The SMILES string of the molecule is COC(=O)CC(O)C1CCCN(C(=O)OC(C)(C)C)C1. The molecule has 0 radical (unpaired) electrons. The fourth-order valence-electron chi connectivity index (χ4n) is 2.24. The van der Waals surface area contributed by atoms with Crippen LogP contribution in [0, 0.1) is 5.92 Å². The molecular weight excluding hydrogens is 262 g/mol. The summed E-state index contributed by atoms with van der Waals surface area (Å²) in [5.74, 6) is -0.553. The van der Waals surface area contributed by atoms with Crippen LogP contribution in [0.5, 0.6) is 0 Å². The zero-order chi connectivity index (χ0) is 15.3. The van der Waals surface area contributed by atoms with E-state index in [1.165, 1.54) is 7.11 Å². The Bertz CT molecular complexity index is 350. The molecule has 0 spiro atoms. The van der Waals surface area contributed by atoms with Crippen molar-refractivity contribution in [2.45, 2.75) is 51.7 Å². The highest BCUT2D eigenvalue weighted by Crippen LogP contribution is 2.23. The molecule has 0 aliphatic carbocycles. The topological polar surface area (TPSA) is 76.1 Å². The highest BCUT2D eigenvalue weighted by Gasteiger charge is 2.31. The molecular formula is C14H25NO5. The van der Waals surface area contributed by atoms with E-state index in [-0.39, 0.29) is 18.4 Å². The van der Waals surface area contributed by atoms with E-state index in [1.54, 1.807) is 4.90 Å². The van der Waals surface area contributed by atoms with E-state index in [4.69, 9.17) is 4.74 Å². The van der Waals surface area contributed by atoms with Gasteiger partial charge in [0.05, 0.1) is 19.6 Å². The number of aliphatic hydroxyl groups excluding tert-OH is 1. The Labute approximate surface area is 120 Å². The molecule has 116 valence electrons. The molecule has 1 saturated heterocycles. The lowest BCUT2D eigenvalue weighted by atomic mass is 9.91. The first-order valence-corrected chi connectivity index (χ1v) is 6.95. The minimum absolute atomic E-state index is 0.0384. The first-order chi connectivity index (χ1) is 9.23. The van der Waals surface area contributed by atoms with Crippen LogP contribution in [0.3, 0.4) is 0 Å². The molecule has 0 aromatic rings. The van der Waals surface area contributed by atoms with E-state index in [1.807, 2.05) is 20.8 Å². The van der Waals surface area contributed by atoms with Gasteiger partial charge in [-0.3, -0.25) is 4.79 Å². The molecule has 0 saturated carbocycles. The largest absolute Gasteiger partial charge is 0.469 e. The first kappa shape index (κ1) is 16.8. The van der Waals surface area contributed by atoms with Gasteiger partial charge in [0, 0.05) is 19.0 Å². The van der Waals surface area contributed by atoms with Gasteiger partial charge in [0.25, 0.3) is 0 Å². The second-order valence-electron chi connectivity index (χ2n) is 6.18. The third-order valence-electron chi connectivity index (χ3n) is 3.26.